The molecule has 0 atom stereocenters. The lowest BCUT2D eigenvalue weighted by atomic mass is 10.1. The Morgan fingerprint density at radius 2 is 1.76 bits per heavy atom. The largest absolute Gasteiger partial charge is 0.379 e. The Morgan fingerprint density at radius 3 is 2.36 bits per heavy atom. The summed E-state index contributed by atoms with van der Waals surface area (Å²) in [7, 11) is -4.62. The van der Waals surface area contributed by atoms with Crippen LogP contribution in [0.3, 0.4) is 0 Å². The Kier molecular flexibility index (Phi) is 5.49. The summed E-state index contributed by atoms with van der Waals surface area (Å²) < 4.78 is 68.3. The number of carbonyl (C=O) groups excluding carboxylic acids is 1. The number of carbonyl (C=O) groups is 1. The smallest absolute Gasteiger partial charge is 0.339 e. The molecule has 0 amide bonds. The summed E-state index contributed by atoms with van der Waals surface area (Å²) in [6.45, 7) is 0. The van der Waals surface area contributed by atoms with Crippen LogP contribution in [-0.2, 0) is 10.1 Å². The highest BCUT2D eigenvalue weighted by molar-refractivity contribution is 7.87. The minimum Gasteiger partial charge on any atom is -0.379 e. The second-order valence-electron chi connectivity index (χ2n) is 4.89. The average molecular weight is 368 g/mol. The van der Waals surface area contributed by atoms with Gasteiger partial charge < -0.3 is 4.18 Å². The zero-order chi connectivity index (χ0) is 18.6. The first-order valence-electron chi connectivity index (χ1n) is 6.90. The van der Waals surface area contributed by atoms with Crippen molar-refractivity contribution in [2.24, 2.45) is 0 Å². The van der Waals surface area contributed by atoms with Crippen LogP contribution in [0.25, 0.3) is 0 Å². The van der Waals surface area contributed by atoms with Crippen LogP contribution in [0.15, 0.2) is 41.3 Å². The van der Waals surface area contributed by atoms with Crippen molar-refractivity contribution in [1.29, 1.82) is 0 Å². The third-order valence-electron chi connectivity index (χ3n) is 3.10. The molecule has 0 aliphatic carbocycles. The summed E-state index contributed by atoms with van der Waals surface area (Å²) in [5.41, 5.74) is 0.166. The molecule has 130 valence electrons. The van der Waals surface area contributed by atoms with Gasteiger partial charge in [-0.1, -0.05) is 12.1 Å². The predicted octanol–water partition coefficient (Wildman–Crippen LogP) is 3.47. The van der Waals surface area contributed by atoms with Gasteiger partial charge in [-0.3, -0.25) is 4.79 Å². The van der Waals surface area contributed by atoms with E-state index in [0.717, 1.165) is 6.07 Å². The molecule has 25 heavy (non-hydrogen) atoms. The van der Waals surface area contributed by atoms with Gasteiger partial charge in [-0.25, -0.2) is 13.2 Å². The third kappa shape index (κ3) is 4.39. The topological polar surface area (TPSA) is 60.4 Å². The molecule has 0 aromatic heterocycles. The Bertz CT molecular complexity index is 939. The van der Waals surface area contributed by atoms with Crippen LogP contribution >= 0.6 is 0 Å². The van der Waals surface area contributed by atoms with E-state index < -0.39 is 32.5 Å². The Hall–Kier alpha value is -2.79. The minimum atomic E-state index is -4.62. The number of terminal acetylenes is 1. The van der Waals surface area contributed by atoms with E-state index >= 15 is 0 Å². The van der Waals surface area contributed by atoms with E-state index in [1.807, 2.05) is 0 Å². The molecular weight excluding hydrogens is 357 g/mol. The fourth-order valence-electron chi connectivity index (χ4n) is 1.90. The van der Waals surface area contributed by atoms with Crippen LogP contribution in [0, 0.1) is 29.8 Å². The van der Waals surface area contributed by atoms with Crippen molar-refractivity contribution in [3.63, 3.8) is 0 Å². The average Bonchev–Trinajstić information content (AvgIpc) is 2.56. The molecule has 0 bridgehead atoms. The van der Waals surface area contributed by atoms with Crippen LogP contribution in [-0.4, -0.2) is 14.2 Å². The van der Waals surface area contributed by atoms with Gasteiger partial charge in [0.25, 0.3) is 0 Å². The fourth-order valence-corrected chi connectivity index (χ4v) is 2.85. The molecule has 0 aliphatic rings. The normalized spacial score (nSPS) is 11.0. The highest BCUT2D eigenvalue weighted by Gasteiger charge is 2.22. The standard InChI is InChI=1S/C17H11F3O4S/c1-2-3-7-16(21)11-5-4-6-12(8-11)24-25(22,23)13-9-14(18)17(20)15(19)10-13/h1,4-6,8-10H,3,7H2. The fraction of sp³-hybridized carbons (Fsp3) is 0.118. The SMILES string of the molecule is C#CCCC(=O)c1cccc(OS(=O)(=O)c2cc(F)c(F)c(F)c2)c1. The van der Waals surface area contributed by atoms with Gasteiger partial charge in [0.15, 0.2) is 23.2 Å². The molecule has 4 nitrogen and oxygen atoms in total. The molecular formula is C17H11F3O4S. The van der Waals surface area contributed by atoms with Crippen LogP contribution < -0.4 is 4.18 Å². The quantitative estimate of drug-likeness (QED) is 0.339. The maximum atomic E-state index is 13.2. The highest BCUT2D eigenvalue weighted by atomic mass is 32.2. The maximum Gasteiger partial charge on any atom is 0.339 e. The number of ketones is 1. The number of Topliss-reactive ketones (excluding diaryl/α,β-unsaturated/α-hetero) is 1. The van der Waals surface area contributed by atoms with Crippen LogP contribution in [0.5, 0.6) is 5.75 Å². The highest BCUT2D eigenvalue weighted by Crippen LogP contribution is 2.23. The first kappa shape index (κ1) is 18.5. The van der Waals surface area contributed by atoms with Crippen molar-refractivity contribution in [3.05, 3.63) is 59.4 Å². The molecule has 2 rings (SSSR count). The molecule has 2 aromatic rings. The van der Waals surface area contributed by atoms with Crippen molar-refractivity contribution in [2.75, 3.05) is 0 Å². The number of hydrogen-bond acceptors (Lipinski definition) is 4. The molecule has 0 N–H and O–H groups in total. The van der Waals surface area contributed by atoms with Gasteiger partial charge in [-0.05, 0) is 24.3 Å². The lowest BCUT2D eigenvalue weighted by Gasteiger charge is -2.09. The first-order valence-corrected chi connectivity index (χ1v) is 8.31. The van der Waals surface area contributed by atoms with Gasteiger partial charge in [0.05, 0.1) is 0 Å². The van der Waals surface area contributed by atoms with Gasteiger partial charge in [0.2, 0.25) is 0 Å². The molecule has 0 saturated carbocycles. The van der Waals surface area contributed by atoms with Crippen molar-refractivity contribution >= 4 is 15.9 Å². The lowest BCUT2D eigenvalue weighted by molar-refractivity contribution is 0.0984. The second kappa shape index (κ2) is 7.40. The van der Waals surface area contributed by atoms with Gasteiger partial charge in [0.1, 0.15) is 10.6 Å². The number of rotatable bonds is 6. The van der Waals surface area contributed by atoms with Crippen molar-refractivity contribution in [2.45, 2.75) is 17.7 Å². The zero-order valence-corrected chi connectivity index (χ0v) is 13.4. The van der Waals surface area contributed by atoms with Gasteiger partial charge >= 0.3 is 10.1 Å². The van der Waals surface area contributed by atoms with E-state index in [2.05, 4.69) is 5.92 Å². The number of hydrogen-bond donors (Lipinski definition) is 0. The van der Waals surface area contributed by atoms with Gasteiger partial charge in [-0.15, -0.1) is 12.3 Å². The molecule has 8 heteroatoms. The van der Waals surface area contributed by atoms with Crippen LogP contribution in [0.1, 0.15) is 23.2 Å². The van der Waals surface area contributed by atoms with Gasteiger partial charge in [-0.2, -0.15) is 8.42 Å². The number of halogens is 3. The minimum absolute atomic E-state index is 0.0705. The lowest BCUT2D eigenvalue weighted by Crippen LogP contribution is -2.12. The second-order valence-corrected chi connectivity index (χ2v) is 6.44. The van der Waals surface area contributed by atoms with Crippen LogP contribution in [0.2, 0.25) is 0 Å². The summed E-state index contributed by atoms with van der Waals surface area (Å²) in [6, 6.07) is 5.82. The summed E-state index contributed by atoms with van der Waals surface area (Å²) >= 11 is 0. The Balaban J connectivity index is 2.30. The van der Waals surface area contributed by atoms with E-state index in [4.69, 9.17) is 10.6 Å². The molecule has 0 radical (unpaired) electrons. The van der Waals surface area contributed by atoms with E-state index in [0.29, 0.717) is 12.1 Å². The maximum absolute atomic E-state index is 13.2. The molecule has 0 spiro atoms. The van der Waals surface area contributed by atoms with Crippen molar-refractivity contribution < 1.29 is 30.6 Å². The van der Waals surface area contributed by atoms with E-state index in [-0.39, 0.29) is 29.9 Å². The summed E-state index contributed by atoms with van der Waals surface area (Å²) in [5.74, 6) is -3.37. The molecule has 0 heterocycles. The third-order valence-corrected chi connectivity index (χ3v) is 4.33. The van der Waals surface area contributed by atoms with E-state index in [1.54, 1.807) is 0 Å². The summed E-state index contributed by atoms with van der Waals surface area (Å²) in [6.07, 6.45) is 5.36. The molecule has 2 aromatic carbocycles. The monoisotopic (exact) mass is 368 g/mol. The first-order chi connectivity index (χ1) is 11.7. The molecule has 0 saturated heterocycles. The zero-order valence-electron chi connectivity index (χ0n) is 12.6. The summed E-state index contributed by atoms with van der Waals surface area (Å²) in [5, 5.41) is 0. The van der Waals surface area contributed by atoms with Crippen LogP contribution in [0.4, 0.5) is 13.2 Å². The van der Waals surface area contributed by atoms with Crippen molar-refractivity contribution in [1.82, 2.24) is 0 Å². The van der Waals surface area contributed by atoms with Gasteiger partial charge in [0, 0.05) is 18.4 Å². The molecule has 0 aliphatic heterocycles. The Morgan fingerprint density at radius 1 is 1.12 bits per heavy atom. The summed E-state index contributed by atoms with van der Waals surface area (Å²) in [4.78, 5) is 11.0. The molecule has 0 fully saturated rings. The Labute approximate surface area is 142 Å². The van der Waals surface area contributed by atoms with Crippen molar-refractivity contribution in [3.8, 4) is 18.1 Å². The van der Waals surface area contributed by atoms with E-state index in [9.17, 15) is 26.4 Å². The number of benzene rings is 2. The molecule has 0 unspecified atom stereocenters. The van der Waals surface area contributed by atoms with E-state index in [1.165, 1.54) is 18.2 Å². The predicted molar refractivity (Wildman–Crippen MR) is 83.0 cm³/mol.